The second-order valence-electron chi connectivity index (χ2n) is 6.17. The van der Waals surface area contributed by atoms with Gasteiger partial charge in [0, 0.05) is 23.1 Å². The minimum absolute atomic E-state index is 0.319. The maximum Gasteiger partial charge on any atom is 0.0453 e. The van der Waals surface area contributed by atoms with E-state index < -0.39 is 0 Å². The average Bonchev–Trinajstić information content (AvgIpc) is 2.65. The first kappa shape index (κ1) is 15.8. The van der Waals surface area contributed by atoms with E-state index in [9.17, 15) is 0 Å². The molecule has 2 unspecified atom stereocenters. The Labute approximate surface area is 128 Å². The molecule has 0 radical (unpaired) electrons. The van der Waals surface area contributed by atoms with E-state index in [1.54, 1.807) is 0 Å². The first-order valence-corrected chi connectivity index (χ1v) is 8.20. The average molecular weight is 295 g/mol. The molecule has 20 heavy (non-hydrogen) atoms. The topological polar surface area (TPSA) is 15.3 Å². The van der Waals surface area contributed by atoms with E-state index in [0.29, 0.717) is 18.1 Å². The largest absolute Gasteiger partial charge is 0.307 e. The molecule has 0 bridgehead atoms. The summed E-state index contributed by atoms with van der Waals surface area (Å²) in [6.45, 7) is 9.23. The number of nitrogens with one attached hydrogen (secondary N) is 1. The quantitative estimate of drug-likeness (QED) is 0.893. The predicted molar refractivity (Wildman–Crippen MR) is 87.4 cm³/mol. The van der Waals surface area contributed by atoms with Gasteiger partial charge in [-0.3, -0.25) is 0 Å². The SMILES string of the molecule is CC(NC1CCCN(C(C)C)CC1)c1ccccc1Cl. The van der Waals surface area contributed by atoms with Crippen molar-refractivity contribution in [1.82, 2.24) is 10.2 Å². The van der Waals surface area contributed by atoms with Crippen LogP contribution >= 0.6 is 11.6 Å². The van der Waals surface area contributed by atoms with Gasteiger partial charge in [-0.1, -0.05) is 29.8 Å². The minimum Gasteiger partial charge on any atom is -0.307 e. The van der Waals surface area contributed by atoms with Crippen molar-refractivity contribution in [3.05, 3.63) is 34.9 Å². The number of halogens is 1. The monoisotopic (exact) mass is 294 g/mol. The van der Waals surface area contributed by atoms with Crippen LogP contribution in [0.4, 0.5) is 0 Å². The highest BCUT2D eigenvalue weighted by Gasteiger charge is 2.20. The van der Waals surface area contributed by atoms with E-state index in [0.717, 1.165) is 5.02 Å². The standard InChI is InChI=1S/C17H27ClN2/c1-13(2)20-11-6-7-15(10-12-20)19-14(3)16-8-4-5-9-17(16)18/h4-5,8-9,13-15,19H,6-7,10-12H2,1-3H3. The molecular weight excluding hydrogens is 268 g/mol. The lowest BCUT2D eigenvalue weighted by atomic mass is 10.0. The second kappa shape index (κ2) is 7.44. The Bertz CT molecular complexity index is 419. The summed E-state index contributed by atoms with van der Waals surface area (Å²) in [5.74, 6) is 0. The fourth-order valence-electron chi connectivity index (χ4n) is 3.07. The van der Waals surface area contributed by atoms with Crippen molar-refractivity contribution in [2.24, 2.45) is 0 Å². The number of nitrogens with zero attached hydrogens (tertiary/aromatic N) is 1. The Morgan fingerprint density at radius 2 is 1.90 bits per heavy atom. The number of likely N-dealkylation sites (tertiary alicyclic amines) is 1. The van der Waals surface area contributed by atoms with Crippen molar-refractivity contribution < 1.29 is 0 Å². The van der Waals surface area contributed by atoms with Crippen molar-refractivity contribution in [3.63, 3.8) is 0 Å². The van der Waals surface area contributed by atoms with Crippen LogP contribution in [0.25, 0.3) is 0 Å². The van der Waals surface area contributed by atoms with Crippen LogP contribution in [0.3, 0.4) is 0 Å². The third kappa shape index (κ3) is 4.21. The van der Waals surface area contributed by atoms with Crippen molar-refractivity contribution in [2.75, 3.05) is 13.1 Å². The molecule has 0 aliphatic carbocycles. The van der Waals surface area contributed by atoms with Crippen LogP contribution in [0.2, 0.25) is 5.02 Å². The molecule has 1 aromatic carbocycles. The van der Waals surface area contributed by atoms with E-state index in [1.165, 1.54) is 37.9 Å². The summed E-state index contributed by atoms with van der Waals surface area (Å²) in [5.41, 5.74) is 1.21. The molecule has 0 spiro atoms. The minimum atomic E-state index is 0.319. The Morgan fingerprint density at radius 3 is 2.60 bits per heavy atom. The molecule has 2 atom stereocenters. The Hall–Kier alpha value is -0.570. The highest BCUT2D eigenvalue weighted by molar-refractivity contribution is 6.31. The van der Waals surface area contributed by atoms with Crippen molar-refractivity contribution in [2.45, 2.75) is 58.2 Å². The van der Waals surface area contributed by atoms with Crippen molar-refractivity contribution >= 4 is 11.6 Å². The molecule has 3 heteroatoms. The number of rotatable bonds is 4. The van der Waals surface area contributed by atoms with Crippen molar-refractivity contribution in [1.29, 1.82) is 0 Å². The third-order valence-corrected chi connectivity index (χ3v) is 4.69. The van der Waals surface area contributed by atoms with Gasteiger partial charge >= 0.3 is 0 Å². The van der Waals surface area contributed by atoms with E-state index in [2.05, 4.69) is 43.1 Å². The Balaban J connectivity index is 1.92. The highest BCUT2D eigenvalue weighted by atomic mass is 35.5. The van der Waals surface area contributed by atoms with Crippen LogP contribution in [0, 0.1) is 0 Å². The molecule has 1 heterocycles. The summed E-state index contributed by atoms with van der Waals surface area (Å²) in [6.07, 6.45) is 3.77. The Kier molecular flexibility index (Phi) is 5.88. The summed E-state index contributed by atoms with van der Waals surface area (Å²) in [5, 5.41) is 4.63. The van der Waals surface area contributed by atoms with Gasteiger partial charge in [0.2, 0.25) is 0 Å². The van der Waals surface area contributed by atoms with Crippen LogP contribution in [-0.2, 0) is 0 Å². The predicted octanol–water partition coefficient (Wildman–Crippen LogP) is 4.25. The lowest BCUT2D eigenvalue weighted by Gasteiger charge is -2.25. The van der Waals surface area contributed by atoms with Gasteiger partial charge in [-0.05, 0) is 64.8 Å². The van der Waals surface area contributed by atoms with Gasteiger partial charge in [-0.15, -0.1) is 0 Å². The first-order chi connectivity index (χ1) is 9.58. The molecule has 0 aromatic heterocycles. The van der Waals surface area contributed by atoms with Crippen LogP contribution in [-0.4, -0.2) is 30.1 Å². The second-order valence-corrected chi connectivity index (χ2v) is 6.57. The summed E-state index contributed by atoms with van der Waals surface area (Å²) >= 11 is 6.29. The molecular formula is C17H27ClN2. The third-order valence-electron chi connectivity index (χ3n) is 4.35. The zero-order chi connectivity index (χ0) is 14.5. The number of hydrogen-bond acceptors (Lipinski definition) is 2. The normalized spacial score (nSPS) is 22.8. The fraction of sp³-hybridized carbons (Fsp3) is 0.647. The van der Waals surface area contributed by atoms with Gasteiger partial charge in [0.15, 0.2) is 0 Å². The van der Waals surface area contributed by atoms with Crippen LogP contribution < -0.4 is 5.32 Å². The summed E-state index contributed by atoms with van der Waals surface area (Å²) in [4.78, 5) is 2.59. The highest BCUT2D eigenvalue weighted by Crippen LogP contribution is 2.24. The zero-order valence-electron chi connectivity index (χ0n) is 12.9. The molecule has 1 aromatic rings. The van der Waals surface area contributed by atoms with Crippen LogP contribution in [0.15, 0.2) is 24.3 Å². The summed E-state index contributed by atoms with van der Waals surface area (Å²) in [6, 6.07) is 9.73. The van der Waals surface area contributed by atoms with Gasteiger partial charge in [0.1, 0.15) is 0 Å². The van der Waals surface area contributed by atoms with E-state index in [4.69, 9.17) is 11.6 Å². The molecule has 0 saturated carbocycles. The zero-order valence-corrected chi connectivity index (χ0v) is 13.7. The molecule has 0 amide bonds. The molecule has 1 aliphatic rings. The fourth-order valence-corrected chi connectivity index (χ4v) is 3.37. The van der Waals surface area contributed by atoms with Crippen molar-refractivity contribution in [3.8, 4) is 0 Å². The Morgan fingerprint density at radius 1 is 1.15 bits per heavy atom. The molecule has 2 nitrogen and oxygen atoms in total. The van der Waals surface area contributed by atoms with Gasteiger partial charge in [0.25, 0.3) is 0 Å². The lowest BCUT2D eigenvalue weighted by molar-refractivity contribution is 0.228. The first-order valence-electron chi connectivity index (χ1n) is 7.82. The molecule has 1 fully saturated rings. The van der Waals surface area contributed by atoms with Gasteiger partial charge in [-0.2, -0.15) is 0 Å². The summed E-state index contributed by atoms with van der Waals surface area (Å²) < 4.78 is 0. The van der Waals surface area contributed by atoms with Crippen LogP contribution in [0.1, 0.15) is 51.6 Å². The molecule has 1 aliphatic heterocycles. The number of hydrogen-bond donors (Lipinski definition) is 1. The van der Waals surface area contributed by atoms with E-state index in [1.807, 2.05) is 12.1 Å². The molecule has 2 rings (SSSR count). The maximum atomic E-state index is 6.29. The lowest BCUT2D eigenvalue weighted by Crippen LogP contribution is -2.35. The van der Waals surface area contributed by atoms with E-state index >= 15 is 0 Å². The van der Waals surface area contributed by atoms with Gasteiger partial charge in [0.05, 0.1) is 0 Å². The maximum absolute atomic E-state index is 6.29. The molecule has 1 N–H and O–H groups in total. The van der Waals surface area contributed by atoms with Gasteiger partial charge in [-0.25, -0.2) is 0 Å². The van der Waals surface area contributed by atoms with Crippen LogP contribution in [0.5, 0.6) is 0 Å². The molecule has 112 valence electrons. The number of benzene rings is 1. The smallest absolute Gasteiger partial charge is 0.0453 e. The van der Waals surface area contributed by atoms with Gasteiger partial charge < -0.3 is 10.2 Å². The van der Waals surface area contributed by atoms with E-state index in [-0.39, 0.29) is 0 Å². The molecule has 1 saturated heterocycles. The summed E-state index contributed by atoms with van der Waals surface area (Å²) in [7, 11) is 0.